The molecule has 19 heavy (non-hydrogen) atoms. The summed E-state index contributed by atoms with van der Waals surface area (Å²) < 4.78 is 26.7. The molecule has 0 aliphatic carbocycles. The zero-order valence-corrected chi connectivity index (χ0v) is 13.0. The molecule has 108 valence electrons. The zero-order chi connectivity index (χ0) is 14.5. The summed E-state index contributed by atoms with van der Waals surface area (Å²) in [6, 6.07) is 7.13. The van der Waals surface area contributed by atoms with Crippen molar-refractivity contribution in [3.8, 4) is 0 Å². The van der Waals surface area contributed by atoms with Gasteiger partial charge in [-0.05, 0) is 30.7 Å². The van der Waals surface area contributed by atoms with Crippen LogP contribution in [0.1, 0.15) is 26.3 Å². The second-order valence-corrected chi connectivity index (χ2v) is 6.97. The number of hydrogen-bond acceptors (Lipinski definition) is 3. The first-order valence-corrected chi connectivity index (χ1v) is 8.09. The van der Waals surface area contributed by atoms with E-state index in [9.17, 15) is 8.42 Å². The third-order valence-corrected chi connectivity index (χ3v) is 4.78. The van der Waals surface area contributed by atoms with Gasteiger partial charge in [-0.1, -0.05) is 32.9 Å². The smallest absolute Gasteiger partial charge is 0.243 e. The third kappa shape index (κ3) is 4.30. The second-order valence-electron chi connectivity index (χ2n) is 5.03. The van der Waals surface area contributed by atoms with E-state index in [0.717, 1.165) is 5.56 Å². The zero-order valence-electron chi connectivity index (χ0n) is 12.2. The lowest BCUT2D eigenvalue weighted by atomic mass is 10.2. The maximum atomic E-state index is 12.6. The van der Waals surface area contributed by atoms with Crippen molar-refractivity contribution in [2.75, 3.05) is 20.1 Å². The molecule has 0 heterocycles. The molecule has 5 heteroatoms. The molecule has 0 unspecified atom stereocenters. The van der Waals surface area contributed by atoms with Gasteiger partial charge >= 0.3 is 0 Å². The number of rotatable bonds is 7. The molecule has 0 fully saturated rings. The molecule has 0 amide bonds. The fraction of sp³-hybridized carbons (Fsp3) is 0.571. The van der Waals surface area contributed by atoms with E-state index < -0.39 is 10.0 Å². The predicted octanol–water partition coefficient (Wildman–Crippen LogP) is 2.07. The van der Waals surface area contributed by atoms with Crippen molar-refractivity contribution in [3.05, 3.63) is 29.8 Å². The van der Waals surface area contributed by atoms with E-state index in [1.54, 1.807) is 18.2 Å². The Morgan fingerprint density at radius 1 is 1.32 bits per heavy atom. The van der Waals surface area contributed by atoms with Gasteiger partial charge in [-0.3, -0.25) is 0 Å². The first-order valence-electron chi connectivity index (χ1n) is 6.65. The normalized spacial score (nSPS) is 12.3. The van der Waals surface area contributed by atoms with Crippen LogP contribution < -0.4 is 5.32 Å². The SMILES string of the molecule is CCN(CC(C)C)S(=O)(=O)c1cccc(CNC)c1. The van der Waals surface area contributed by atoms with Crippen molar-refractivity contribution in [3.63, 3.8) is 0 Å². The molecule has 0 spiro atoms. The molecule has 0 aliphatic heterocycles. The molecule has 1 N–H and O–H groups in total. The fourth-order valence-electron chi connectivity index (χ4n) is 1.97. The van der Waals surface area contributed by atoms with Gasteiger partial charge in [0, 0.05) is 19.6 Å². The highest BCUT2D eigenvalue weighted by Crippen LogP contribution is 2.18. The molecule has 0 aliphatic rings. The fourth-order valence-corrected chi connectivity index (χ4v) is 3.66. The van der Waals surface area contributed by atoms with Gasteiger partial charge in [-0.2, -0.15) is 4.31 Å². The Kier molecular flexibility index (Phi) is 5.97. The van der Waals surface area contributed by atoms with Gasteiger partial charge in [0.05, 0.1) is 4.90 Å². The lowest BCUT2D eigenvalue weighted by molar-refractivity contribution is 0.381. The predicted molar refractivity (Wildman–Crippen MR) is 78.5 cm³/mol. The van der Waals surface area contributed by atoms with Crippen molar-refractivity contribution in [2.24, 2.45) is 5.92 Å². The Balaban J connectivity index is 3.07. The van der Waals surface area contributed by atoms with Gasteiger partial charge in [0.2, 0.25) is 10.0 Å². The van der Waals surface area contributed by atoms with Crippen LogP contribution in [0, 0.1) is 5.92 Å². The summed E-state index contributed by atoms with van der Waals surface area (Å²) in [6.07, 6.45) is 0. The Labute approximate surface area is 116 Å². The van der Waals surface area contributed by atoms with Crippen molar-refractivity contribution < 1.29 is 8.42 Å². The molecule has 0 radical (unpaired) electrons. The van der Waals surface area contributed by atoms with Crippen LogP contribution in [0.15, 0.2) is 29.2 Å². The lowest BCUT2D eigenvalue weighted by Gasteiger charge is -2.22. The van der Waals surface area contributed by atoms with E-state index in [1.807, 2.05) is 33.9 Å². The van der Waals surface area contributed by atoms with Crippen molar-refractivity contribution in [1.29, 1.82) is 0 Å². The average molecular weight is 284 g/mol. The summed E-state index contributed by atoms with van der Waals surface area (Å²) >= 11 is 0. The maximum absolute atomic E-state index is 12.6. The summed E-state index contributed by atoms with van der Waals surface area (Å²) in [6.45, 7) is 7.63. The van der Waals surface area contributed by atoms with Gasteiger partial charge < -0.3 is 5.32 Å². The highest BCUT2D eigenvalue weighted by molar-refractivity contribution is 7.89. The first-order chi connectivity index (χ1) is 8.91. The maximum Gasteiger partial charge on any atom is 0.243 e. The van der Waals surface area contributed by atoms with Gasteiger partial charge in [-0.25, -0.2) is 8.42 Å². The van der Waals surface area contributed by atoms with Crippen molar-refractivity contribution >= 4 is 10.0 Å². The summed E-state index contributed by atoms with van der Waals surface area (Å²) in [5.41, 5.74) is 0.976. The molecule has 1 aromatic carbocycles. The van der Waals surface area contributed by atoms with Crippen LogP contribution >= 0.6 is 0 Å². The summed E-state index contributed by atoms with van der Waals surface area (Å²) in [5, 5.41) is 3.03. The number of nitrogens with one attached hydrogen (secondary N) is 1. The molecular formula is C14H24N2O2S. The average Bonchev–Trinajstić information content (AvgIpc) is 2.36. The van der Waals surface area contributed by atoms with E-state index >= 15 is 0 Å². The van der Waals surface area contributed by atoms with Gasteiger partial charge in [0.15, 0.2) is 0 Å². The number of nitrogens with zero attached hydrogens (tertiary/aromatic N) is 1. The summed E-state index contributed by atoms with van der Waals surface area (Å²) in [7, 11) is -1.54. The number of sulfonamides is 1. The third-order valence-electron chi connectivity index (χ3n) is 2.84. The Morgan fingerprint density at radius 3 is 2.53 bits per heavy atom. The lowest BCUT2D eigenvalue weighted by Crippen LogP contribution is -2.34. The molecule has 0 bridgehead atoms. The minimum Gasteiger partial charge on any atom is -0.316 e. The Morgan fingerprint density at radius 2 is 2.00 bits per heavy atom. The Hall–Kier alpha value is -0.910. The number of benzene rings is 1. The van der Waals surface area contributed by atoms with E-state index in [1.165, 1.54) is 4.31 Å². The van der Waals surface area contributed by atoms with Gasteiger partial charge in [-0.15, -0.1) is 0 Å². The second kappa shape index (κ2) is 7.03. The molecule has 0 aromatic heterocycles. The quantitative estimate of drug-likeness (QED) is 0.834. The van der Waals surface area contributed by atoms with E-state index in [0.29, 0.717) is 30.4 Å². The molecule has 4 nitrogen and oxygen atoms in total. The largest absolute Gasteiger partial charge is 0.316 e. The first kappa shape index (κ1) is 16.1. The topological polar surface area (TPSA) is 49.4 Å². The van der Waals surface area contributed by atoms with Gasteiger partial charge in [0.25, 0.3) is 0 Å². The highest BCUT2D eigenvalue weighted by Gasteiger charge is 2.23. The monoisotopic (exact) mass is 284 g/mol. The minimum atomic E-state index is -3.38. The Bertz CT molecular complexity index is 498. The molecule has 0 saturated carbocycles. The summed E-state index contributed by atoms with van der Waals surface area (Å²) in [4.78, 5) is 0.378. The van der Waals surface area contributed by atoms with Crippen molar-refractivity contribution in [1.82, 2.24) is 9.62 Å². The van der Waals surface area contributed by atoms with E-state index in [-0.39, 0.29) is 0 Å². The van der Waals surface area contributed by atoms with Gasteiger partial charge in [0.1, 0.15) is 0 Å². The summed E-state index contributed by atoms with van der Waals surface area (Å²) in [5.74, 6) is 0.315. The van der Waals surface area contributed by atoms with E-state index in [2.05, 4.69) is 5.32 Å². The van der Waals surface area contributed by atoms with Crippen LogP contribution in [0.2, 0.25) is 0 Å². The molecule has 1 aromatic rings. The molecule has 1 rings (SSSR count). The van der Waals surface area contributed by atoms with Crippen LogP contribution in [-0.2, 0) is 16.6 Å². The van der Waals surface area contributed by atoms with E-state index in [4.69, 9.17) is 0 Å². The molecule has 0 atom stereocenters. The van der Waals surface area contributed by atoms with Crippen LogP contribution in [-0.4, -0.2) is 32.9 Å². The van der Waals surface area contributed by atoms with Crippen LogP contribution in [0.5, 0.6) is 0 Å². The number of hydrogen-bond donors (Lipinski definition) is 1. The molecule has 0 saturated heterocycles. The van der Waals surface area contributed by atoms with Crippen LogP contribution in [0.3, 0.4) is 0 Å². The highest BCUT2D eigenvalue weighted by atomic mass is 32.2. The minimum absolute atomic E-state index is 0.315. The standard InChI is InChI=1S/C14H24N2O2S/c1-5-16(11-12(2)3)19(17,18)14-8-6-7-13(9-14)10-15-4/h6-9,12,15H,5,10-11H2,1-4H3. The van der Waals surface area contributed by atoms with Crippen LogP contribution in [0.25, 0.3) is 0 Å². The van der Waals surface area contributed by atoms with Crippen LogP contribution in [0.4, 0.5) is 0 Å². The van der Waals surface area contributed by atoms with Crippen molar-refractivity contribution in [2.45, 2.75) is 32.2 Å². The molecular weight excluding hydrogens is 260 g/mol.